The molecule has 0 aliphatic carbocycles. The van der Waals surface area contributed by atoms with Crippen LogP contribution in [0.1, 0.15) is 34.6 Å². The van der Waals surface area contributed by atoms with Crippen LogP contribution in [0.25, 0.3) is 0 Å². The van der Waals surface area contributed by atoms with E-state index in [1.54, 1.807) is 0 Å². The summed E-state index contributed by atoms with van der Waals surface area (Å²) in [6.07, 6.45) is 0.103. The van der Waals surface area contributed by atoms with Crippen molar-refractivity contribution in [2.45, 2.75) is 34.6 Å². The number of rotatable bonds is 9. The highest BCUT2D eigenvalue weighted by Gasteiger charge is 2.25. The van der Waals surface area contributed by atoms with Crippen LogP contribution in [-0.4, -0.2) is 32.0 Å². The molecule has 0 heterocycles. The molecule has 0 atom stereocenters. The molecule has 5 nitrogen and oxygen atoms in total. The van der Waals surface area contributed by atoms with E-state index in [0.717, 1.165) is 0 Å². The third kappa shape index (κ3) is 9.63. The van der Waals surface area contributed by atoms with Crippen molar-refractivity contribution in [3.8, 4) is 0 Å². The Labute approximate surface area is 110 Å². The molecule has 0 rings (SSSR count). The quantitative estimate of drug-likeness (QED) is 0.480. The van der Waals surface area contributed by atoms with Gasteiger partial charge in [0.15, 0.2) is 0 Å². The minimum atomic E-state index is -3.16. The topological polar surface area (TPSA) is 61.8 Å². The van der Waals surface area contributed by atoms with Gasteiger partial charge in [0.25, 0.3) is 0 Å². The van der Waals surface area contributed by atoms with E-state index in [0.29, 0.717) is 13.2 Å². The second kappa shape index (κ2) is 8.68. The molecule has 18 heavy (non-hydrogen) atoms. The fourth-order valence-electron chi connectivity index (χ4n) is 0.993. The first-order valence-electron chi connectivity index (χ1n) is 6.26. The molecule has 0 aromatic carbocycles. The van der Waals surface area contributed by atoms with Gasteiger partial charge in [-0.2, -0.15) is 0 Å². The minimum Gasteiger partial charge on any atom is -0.465 e. The SMILES string of the molecule is CC(=O)OCCP(=O)(OCC(C)C)OCC(C)C. The number of carbonyl (C=O) groups is 1. The van der Waals surface area contributed by atoms with Gasteiger partial charge in [0.05, 0.1) is 19.4 Å². The van der Waals surface area contributed by atoms with Gasteiger partial charge in [-0.25, -0.2) is 0 Å². The first kappa shape index (κ1) is 17.6. The predicted octanol–water partition coefficient (Wildman–Crippen LogP) is 3.09. The van der Waals surface area contributed by atoms with Crippen LogP contribution in [0, 0.1) is 11.8 Å². The van der Waals surface area contributed by atoms with Crippen LogP contribution in [0.5, 0.6) is 0 Å². The van der Waals surface area contributed by atoms with Crippen LogP contribution in [0.4, 0.5) is 0 Å². The molecule has 108 valence electrons. The van der Waals surface area contributed by atoms with E-state index >= 15 is 0 Å². The van der Waals surface area contributed by atoms with E-state index in [-0.39, 0.29) is 24.6 Å². The molecule has 0 unspecified atom stereocenters. The Balaban J connectivity index is 4.29. The summed E-state index contributed by atoms with van der Waals surface area (Å²) >= 11 is 0. The highest BCUT2D eigenvalue weighted by molar-refractivity contribution is 7.53. The van der Waals surface area contributed by atoms with Crippen LogP contribution in [0.3, 0.4) is 0 Å². The number of ether oxygens (including phenoxy) is 1. The molecule has 0 aliphatic heterocycles. The second-order valence-electron chi connectivity index (χ2n) is 5.05. The van der Waals surface area contributed by atoms with Gasteiger partial charge in [0.1, 0.15) is 6.61 Å². The number of hydrogen-bond acceptors (Lipinski definition) is 5. The smallest absolute Gasteiger partial charge is 0.334 e. The molecule has 0 bridgehead atoms. The van der Waals surface area contributed by atoms with Crippen LogP contribution < -0.4 is 0 Å². The van der Waals surface area contributed by atoms with Gasteiger partial charge in [0, 0.05) is 6.92 Å². The Morgan fingerprint density at radius 3 is 1.83 bits per heavy atom. The summed E-state index contributed by atoms with van der Waals surface area (Å²) in [6.45, 7) is 10.00. The lowest BCUT2D eigenvalue weighted by Gasteiger charge is -2.20. The fraction of sp³-hybridized carbons (Fsp3) is 0.917. The van der Waals surface area contributed by atoms with Crippen LogP contribution in [0.15, 0.2) is 0 Å². The molecule has 0 saturated carbocycles. The molecule has 0 aliphatic rings. The monoisotopic (exact) mass is 280 g/mol. The predicted molar refractivity (Wildman–Crippen MR) is 70.7 cm³/mol. The van der Waals surface area contributed by atoms with Crippen LogP contribution >= 0.6 is 7.60 Å². The standard InChI is InChI=1S/C12H25O5P/c1-10(2)8-16-18(14,17-9-11(3)4)7-6-15-12(5)13/h10-11H,6-9H2,1-5H3. The van der Waals surface area contributed by atoms with Crippen LogP contribution in [-0.2, 0) is 23.1 Å². The molecule has 0 amide bonds. The molecule has 0 radical (unpaired) electrons. The normalized spacial score (nSPS) is 12.2. The van der Waals surface area contributed by atoms with Crippen molar-refractivity contribution in [1.29, 1.82) is 0 Å². The first-order chi connectivity index (χ1) is 8.25. The zero-order chi connectivity index (χ0) is 14.2. The van der Waals surface area contributed by atoms with Gasteiger partial charge in [0.2, 0.25) is 0 Å². The van der Waals surface area contributed by atoms with Gasteiger partial charge < -0.3 is 13.8 Å². The van der Waals surface area contributed by atoms with E-state index in [9.17, 15) is 9.36 Å². The summed E-state index contributed by atoms with van der Waals surface area (Å²) in [5.74, 6) is 0.152. The first-order valence-corrected chi connectivity index (χ1v) is 7.99. The van der Waals surface area contributed by atoms with Crippen molar-refractivity contribution in [2.24, 2.45) is 11.8 Å². The van der Waals surface area contributed by atoms with Crippen molar-refractivity contribution in [2.75, 3.05) is 26.0 Å². The van der Waals surface area contributed by atoms with Crippen LogP contribution in [0.2, 0.25) is 0 Å². The second-order valence-corrected chi connectivity index (χ2v) is 7.24. The van der Waals surface area contributed by atoms with Crippen molar-refractivity contribution >= 4 is 13.6 Å². The molecule has 0 aromatic rings. The molecule has 0 aromatic heterocycles. The summed E-state index contributed by atoms with van der Waals surface area (Å²) in [4.78, 5) is 10.7. The number of esters is 1. The molecule has 0 fully saturated rings. The highest BCUT2D eigenvalue weighted by atomic mass is 31.2. The summed E-state index contributed by atoms with van der Waals surface area (Å²) in [6, 6.07) is 0. The maximum absolute atomic E-state index is 12.4. The van der Waals surface area contributed by atoms with Gasteiger partial charge in [-0.3, -0.25) is 9.36 Å². The highest BCUT2D eigenvalue weighted by Crippen LogP contribution is 2.48. The van der Waals surface area contributed by atoms with Crippen molar-refractivity contribution < 1.29 is 23.1 Å². The number of carbonyl (C=O) groups excluding carboxylic acids is 1. The van der Waals surface area contributed by atoms with Gasteiger partial charge in [-0.15, -0.1) is 0 Å². The van der Waals surface area contributed by atoms with Gasteiger partial charge >= 0.3 is 13.6 Å². The molecule has 0 N–H and O–H groups in total. The van der Waals surface area contributed by atoms with E-state index in [1.807, 2.05) is 27.7 Å². The molecule has 6 heteroatoms. The Kier molecular flexibility index (Phi) is 8.49. The van der Waals surface area contributed by atoms with E-state index in [4.69, 9.17) is 13.8 Å². The Bertz CT molecular complexity index is 272. The maximum atomic E-state index is 12.4. The summed E-state index contributed by atoms with van der Waals surface area (Å²) in [7, 11) is -3.16. The third-order valence-corrected chi connectivity index (χ3v) is 3.69. The molecule has 0 spiro atoms. The number of hydrogen-bond donors (Lipinski definition) is 0. The average Bonchev–Trinajstić information content (AvgIpc) is 2.23. The zero-order valence-corrected chi connectivity index (χ0v) is 12.9. The molecular weight excluding hydrogens is 255 g/mol. The largest absolute Gasteiger partial charge is 0.465 e. The van der Waals surface area contributed by atoms with Gasteiger partial charge in [-0.1, -0.05) is 27.7 Å². The minimum absolute atomic E-state index is 0.0583. The summed E-state index contributed by atoms with van der Waals surface area (Å²) in [5.41, 5.74) is 0. The lowest BCUT2D eigenvalue weighted by Crippen LogP contribution is -2.12. The van der Waals surface area contributed by atoms with Crippen molar-refractivity contribution in [1.82, 2.24) is 0 Å². The third-order valence-electron chi connectivity index (χ3n) is 1.88. The summed E-state index contributed by atoms with van der Waals surface area (Å²) < 4.78 is 27.9. The Hall–Kier alpha value is -0.380. The fourth-order valence-corrected chi connectivity index (χ4v) is 2.69. The summed E-state index contributed by atoms with van der Waals surface area (Å²) in [5, 5.41) is 0. The molecule has 0 saturated heterocycles. The average molecular weight is 280 g/mol. The van der Waals surface area contributed by atoms with Crippen molar-refractivity contribution in [3.05, 3.63) is 0 Å². The maximum Gasteiger partial charge on any atom is 0.334 e. The van der Waals surface area contributed by atoms with E-state index in [1.165, 1.54) is 6.92 Å². The Morgan fingerprint density at radius 2 is 1.50 bits per heavy atom. The molecular formula is C12H25O5P. The van der Waals surface area contributed by atoms with E-state index < -0.39 is 13.6 Å². The van der Waals surface area contributed by atoms with Gasteiger partial charge in [-0.05, 0) is 11.8 Å². The van der Waals surface area contributed by atoms with E-state index in [2.05, 4.69) is 0 Å². The Morgan fingerprint density at radius 1 is 1.06 bits per heavy atom. The zero-order valence-electron chi connectivity index (χ0n) is 12.0. The lowest BCUT2D eigenvalue weighted by molar-refractivity contribution is -0.140. The lowest BCUT2D eigenvalue weighted by atomic mass is 10.2. The van der Waals surface area contributed by atoms with Crippen molar-refractivity contribution in [3.63, 3.8) is 0 Å².